The maximum absolute atomic E-state index is 13.1. The lowest BCUT2D eigenvalue weighted by Gasteiger charge is -2.07. The molecule has 0 aliphatic heterocycles. The van der Waals surface area contributed by atoms with Gasteiger partial charge in [-0.25, -0.2) is 9.07 Å². The van der Waals surface area contributed by atoms with Crippen LogP contribution < -0.4 is 0 Å². The molecule has 0 amide bonds. The molecule has 4 heteroatoms. The highest BCUT2D eigenvalue weighted by molar-refractivity contribution is 6.17. The van der Waals surface area contributed by atoms with Crippen LogP contribution >= 0.6 is 11.6 Å². The summed E-state index contributed by atoms with van der Waals surface area (Å²) < 4.78 is 14.9. The van der Waals surface area contributed by atoms with E-state index < -0.39 is 0 Å². The average Bonchev–Trinajstić information content (AvgIpc) is 3.08. The second-order valence-corrected chi connectivity index (χ2v) is 4.63. The maximum atomic E-state index is 13.1. The highest BCUT2D eigenvalue weighted by Gasteiger charge is 2.26. The second kappa shape index (κ2) is 4.15. The number of hydrogen-bond donors (Lipinski definition) is 0. The number of nitrogens with zero attached hydrogens (tertiary/aromatic N) is 2. The molecule has 0 N–H and O–H groups in total. The third-order valence-corrected chi connectivity index (χ3v) is 3.33. The van der Waals surface area contributed by atoms with Crippen molar-refractivity contribution in [3.8, 4) is 5.69 Å². The van der Waals surface area contributed by atoms with E-state index in [1.807, 2.05) is 12.3 Å². The summed E-state index contributed by atoms with van der Waals surface area (Å²) in [4.78, 5) is 0. The summed E-state index contributed by atoms with van der Waals surface area (Å²) >= 11 is 5.83. The zero-order valence-corrected chi connectivity index (χ0v) is 9.99. The predicted octanol–water partition coefficient (Wildman–Crippen LogP) is 3.63. The third-order valence-electron chi connectivity index (χ3n) is 3.04. The van der Waals surface area contributed by atoms with Crippen molar-refractivity contribution in [2.45, 2.75) is 24.6 Å². The molecule has 88 valence electrons. The van der Waals surface area contributed by atoms with E-state index in [1.54, 1.807) is 10.7 Å². The van der Waals surface area contributed by atoms with E-state index in [1.165, 1.54) is 25.0 Å². The van der Waals surface area contributed by atoms with Crippen molar-refractivity contribution in [1.29, 1.82) is 0 Å². The average molecular weight is 251 g/mol. The molecular formula is C13H12ClFN2. The highest BCUT2D eigenvalue weighted by Crippen LogP contribution is 2.39. The van der Waals surface area contributed by atoms with Crippen molar-refractivity contribution in [1.82, 2.24) is 9.78 Å². The normalized spacial score (nSPS) is 15.2. The van der Waals surface area contributed by atoms with Crippen LogP contribution in [-0.4, -0.2) is 9.78 Å². The van der Waals surface area contributed by atoms with E-state index >= 15 is 0 Å². The van der Waals surface area contributed by atoms with Crippen LogP contribution in [0.25, 0.3) is 5.69 Å². The van der Waals surface area contributed by atoms with Crippen LogP contribution in [0.3, 0.4) is 0 Å². The Morgan fingerprint density at radius 1 is 1.35 bits per heavy atom. The van der Waals surface area contributed by atoms with Gasteiger partial charge in [0, 0.05) is 18.0 Å². The van der Waals surface area contributed by atoms with Crippen molar-refractivity contribution in [3.05, 3.63) is 47.5 Å². The molecule has 1 aliphatic carbocycles. The Bertz CT molecular complexity index is 546. The lowest BCUT2D eigenvalue weighted by atomic mass is 10.2. The van der Waals surface area contributed by atoms with Crippen LogP contribution in [0.15, 0.2) is 30.5 Å². The Labute approximate surface area is 104 Å². The van der Waals surface area contributed by atoms with Crippen LogP contribution in [0, 0.1) is 5.82 Å². The molecule has 1 aliphatic rings. The van der Waals surface area contributed by atoms with Crippen LogP contribution in [0.1, 0.15) is 30.0 Å². The summed E-state index contributed by atoms with van der Waals surface area (Å²) in [6.45, 7) is 0. The minimum atomic E-state index is -0.265. The first kappa shape index (κ1) is 10.8. The molecule has 0 radical (unpaired) electrons. The fourth-order valence-electron chi connectivity index (χ4n) is 1.95. The molecule has 1 fully saturated rings. The van der Waals surface area contributed by atoms with Gasteiger partial charge < -0.3 is 0 Å². The van der Waals surface area contributed by atoms with Gasteiger partial charge in [-0.2, -0.15) is 5.10 Å². The molecule has 1 heterocycles. The summed E-state index contributed by atoms with van der Waals surface area (Å²) in [6, 6.07) is 6.64. The molecular weight excluding hydrogens is 239 g/mol. The monoisotopic (exact) mass is 250 g/mol. The standard InChI is InChI=1S/C13H12ClFN2/c14-8-10-7-11(15)3-4-13(10)17-6-5-12(16-17)9-1-2-9/h3-7,9H,1-2,8H2. The first-order valence-corrected chi connectivity index (χ1v) is 6.21. The molecule has 0 saturated heterocycles. The van der Waals surface area contributed by atoms with Gasteiger partial charge in [0.25, 0.3) is 0 Å². The molecule has 0 bridgehead atoms. The number of aromatic nitrogens is 2. The fourth-order valence-corrected chi connectivity index (χ4v) is 2.17. The van der Waals surface area contributed by atoms with E-state index in [-0.39, 0.29) is 11.7 Å². The zero-order chi connectivity index (χ0) is 11.8. The fraction of sp³-hybridized carbons (Fsp3) is 0.308. The van der Waals surface area contributed by atoms with Crippen LogP contribution in [0.2, 0.25) is 0 Å². The number of rotatable bonds is 3. The van der Waals surface area contributed by atoms with Crippen LogP contribution in [0.4, 0.5) is 4.39 Å². The minimum Gasteiger partial charge on any atom is -0.240 e. The van der Waals surface area contributed by atoms with Gasteiger partial charge in [-0.05, 0) is 42.7 Å². The first-order chi connectivity index (χ1) is 8.28. The van der Waals surface area contributed by atoms with Crippen LogP contribution in [0.5, 0.6) is 0 Å². The molecule has 0 spiro atoms. The second-order valence-electron chi connectivity index (χ2n) is 4.37. The minimum absolute atomic E-state index is 0.265. The highest BCUT2D eigenvalue weighted by atomic mass is 35.5. The Kier molecular flexibility index (Phi) is 2.63. The van der Waals surface area contributed by atoms with E-state index in [0.717, 1.165) is 16.9 Å². The zero-order valence-electron chi connectivity index (χ0n) is 9.24. The van der Waals surface area contributed by atoms with E-state index in [4.69, 9.17) is 11.6 Å². The Morgan fingerprint density at radius 3 is 2.88 bits per heavy atom. The molecule has 0 unspecified atom stereocenters. The number of alkyl halides is 1. The molecule has 1 aromatic carbocycles. The summed E-state index contributed by atoms with van der Waals surface area (Å²) in [5.74, 6) is 0.640. The number of halogens is 2. The summed E-state index contributed by atoms with van der Waals surface area (Å²) in [5.41, 5.74) is 2.74. The largest absolute Gasteiger partial charge is 0.240 e. The number of hydrogen-bond acceptors (Lipinski definition) is 1. The van der Waals surface area contributed by atoms with Gasteiger partial charge in [-0.1, -0.05) is 0 Å². The quantitative estimate of drug-likeness (QED) is 0.761. The predicted molar refractivity (Wildman–Crippen MR) is 65.1 cm³/mol. The molecule has 2 nitrogen and oxygen atoms in total. The van der Waals surface area contributed by atoms with Gasteiger partial charge in [0.1, 0.15) is 5.82 Å². The number of benzene rings is 1. The SMILES string of the molecule is Fc1ccc(-n2ccc(C3CC3)n2)c(CCl)c1. The Morgan fingerprint density at radius 2 is 2.18 bits per heavy atom. The lowest BCUT2D eigenvalue weighted by molar-refractivity contribution is 0.625. The lowest BCUT2D eigenvalue weighted by Crippen LogP contribution is -2.00. The van der Waals surface area contributed by atoms with E-state index in [9.17, 15) is 4.39 Å². The topological polar surface area (TPSA) is 17.8 Å². The van der Waals surface area contributed by atoms with Gasteiger partial charge >= 0.3 is 0 Å². The third kappa shape index (κ3) is 2.07. The van der Waals surface area contributed by atoms with Gasteiger partial charge in [-0.3, -0.25) is 0 Å². The molecule has 1 aromatic heterocycles. The molecule has 17 heavy (non-hydrogen) atoms. The first-order valence-electron chi connectivity index (χ1n) is 5.68. The Balaban J connectivity index is 2.01. The van der Waals surface area contributed by atoms with Crippen molar-refractivity contribution in [3.63, 3.8) is 0 Å². The molecule has 1 saturated carbocycles. The van der Waals surface area contributed by atoms with Crippen molar-refractivity contribution in [2.75, 3.05) is 0 Å². The van der Waals surface area contributed by atoms with Crippen LogP contribution in [-0.2, 0) is 5.88 Å². The molecule has 0 atom stereocenters. The summed E-state index contributed by atoms with van der Waals surface area (Å²) in [5, 5.41) is 4.52. The van der Waals surface area contributed by atoms with Crippen molar-refractivity contribution >= 4 is 11.6 Å². The van der Waals surface area contributed by atoms with Crippen molar-refractivity contribution < 1.29 is 4.39 Å². The molecule has 2 aromatic rings. The summed E-state index contributed by atoms with van der Waals surface area (Å²) in [7, 11) is 0. The summed E-state index contributed by atoms with van der Waals surface area (Å²) in [6.07, 6.45) is 4.36. The van der Waals surface area contributed by atoms with E-state index in [0.29, 0.717) is 5.92 Å². The van der Waals surface area contributed by atoms with Gasteiger partial charge in [0.15, 0.2) is 0 Å². The van der Waals surface area contributed by atoms with Gasteiger partial charge in [-0.15, -0.1) is 11.6 Å². The molecule has 3 rings (SSSR count). The smallest absolute Gasteiger partial charge is 0.123 e. The van der Waals surface area contributed by atoms with Gasteiger partial charge in [0.05, 0.1) is 11.4 Å². The van der Waals surface area contributed by atoms with Gasteiger partial charge in [0.2, 0.25) is 0 Å². The van der Waals surface area contributed by atoms with Crippen molar-refractivity contribution in [2.24, 2.45) is 0 Å². The van der Waals surface area contributed by atoms with E-state index in [2.05, 4.69) is 5.10 Å². The maximum Gasteiger partial charge on any atom is 0.123 e. The Hall–Kier alpha value is -1.35.